The molecule has 0 saturated carbocycles. The summed E-state index contributed by atoms with van der Waals surface area (Å²) in [5.74, 6) is 1.74. The van der Waals surface area contributed by atoms with Gasteiger partial charge in [0.2, 0.25) is 5.95 Å². The molecule has 1 aliphatic rings. The second-order valence-electron chi connectivity index (χ2n) is 6.69. The second-order valence-corrected chi connectivity index (χ2v) is 7.63. The van der Waals surface area contributed by atoms with Crippen molar-refractivity contribution in [1.82, 2.24) is 25.2 Å². The van der Waals surface area contributed by atoms with Gasteiger partial charge >= 0.3 is 0 Å². The predicted molar refractivity (Wildman–Crippen MR) is 134 cm³/mol. The van der Waals surface area contributed by atoms with Crippen molar-refractivity contribution >= 4 is 47.2 Å². The van der Waals surface area contributed by atoms with E-state index < -0.39 is 0 Å². The number of piperazine rings is 1. The number of halogens is 1. The molecule has 1 fully saturated rings. The fourth-order valence-corrected chi connectivity index (χ4v) is 3.99. The van der Waals surface area contributed by atoms with Gasteiger partial charge in [-0.15, -0.1) is 35.3 Å². The van der Waals surface area contributed by atoms with E-state index in [1.165, 1.54) is 0 Å². The molecule has 0 unspecified atom stereocenters. The summed E-state index contributed by atoms with van der Waals surface area (Å²) in [5, 5.41) is 6.55. The maximum atomic E-state index is 4.84. The Morgan fingerprint density at radius 3 is 2.50 bits per heavy atom. The average molecular weight is 535 g/mol. The number of aliphatic imine (C=N–C) groups is 1. The third-order valence-electron chi connectivity index (χ3n) is 4.73. The molecule has 30 heavy (non-hydrogen) atoms. The molecule has 0 aliphatic carbocycles. The lowest BCUT2D eigenvalue weighted by atomic mass is 10.2. The SMILES string of the molecule is CCNC(=NCc1nc(-c2ccccc2)cs1)N1CCN(c2ncccn2)CC1.I. The van der Waals surface area contributed by atoms with Crippen molar-refractivity contribution in [1.29, 1.82) is 0 Å². The number of anilines is 1. The van der Waals surface area contributed by atoms with E-state index in [0.29, 0.717) is 6.54 Å². The van der Waals surface area contributed by atoms with Crippen molar-refractivity contribution < 1.29 is 0 Å². The minimum absolute atomic E-state index is 0. The lowest BCUT2D eigenvalue weighted by Gasteiger charge is -2.36. The molecule has 0 atom stereocenters. The van der Waals surface area contributed by atoms with Crippen molar-refractivity contribution in [3.8, 4) is 11.3 Å². The largest absolute Gasteiger partial charge is 0.357 e. The van der Waals surface area contributed by atoms with E-state index >= 15 is 0 Å². The summed E-state index contributed by atoms with van der Waals surface area (Å²) in [6.07, 6.45) is 3.58. The van der Waals surface area contributed by atoms with E-state index in [0.717, 1.165) is 60.9 Å². The van der Waals surface area contributed by atoms with Crippen molar-refractivity contribution in [2.45, 2.75) is 13.5 Å². The zero-order valence-corrected chi connectivity index (χ0v) is 20.1. The van der Waals surface area contributed by atoms with E-state index in [9.17, 15) is 0 Å². The van der Waals surface area contributed by atoms with Crippen LogP contribution in [0.4, 0.5) is 5.95 Å². The quantitative estimate of drug-likeness (QED) is 0.307. The van der Waals surface area contributed by atoms with Crippen LogP contribution in [0.3, 0.4) is 0 Å². The zero-order valence-electron chi connectivity index (χ0n) is 16.9. The van der Waals surface area contributed by atoms with Crippen LogP contribution in [0.5, 0.6) is 0 Å². The number of rotatable bonds is 5. The highest BCUT2D eigenvalue weighted by Gasteiger charge is 2.21. The van der Waals surface area contributed by atoms with E-state index in [2.05, 4.69) is 49.5 Å². The van der Waals surface area contributed by atoms with Gasteiger partial charge in [-0.05, 0) is 13.0 Å². The molecular weight excluding hydrogens is 509 g/mol. The molecule has 2 aromatic heterocycles. The monoisotopic (exact) mass is 535 g/mol. The summed E-state index contributed by atoms with van der Waals surface area (Å²) in [4.78, 5) is 22.8. The second kappa shape index (κ2) is 11.2. The molecule has 1 N–H and O–H groups in total. The Kier molecular flexibility index (Phi) is 8.38. The van der Waals surface area contributed by atoms with Crippen LogP contribution in [0, 0.1) is 0 Å². The molecule has 7 nitrogen and oxygen atoms in total. The standard InChI is InChI=1S/C21H25N7S.HI/c1-2-22-20(27-11-13-28(14-12-27)21-23-9-6-10-24-21)25-15-19-26-18(16-29-19)17-7-4-3-5-8-17;/h3-10,16H,2,11-15H2,1H3,(H,22,25);1H. The fraction of sp³-hybridized carbons (Fsp3) is 0.333. The van der Waals surface area contributed by atoms with Gasteiger partial charge in [-0.2, -0.15) is 0 Å². The molecule has 0 amide bonds. The highest BCUT2D eigenvalue weighted by atomic mass is 127. The van der Waals surface area contributed by atoms with Crippen LogP contribution in [0.1, 0.15) is 11.9 Å². The number of nitrogens with one attached hydrogen (secondary N) is 1. The third-order valence-corrected chi connectivity index (χ3v) is 5.57. The normalized spacial score (nSPS) is 14.4. The fourth-order valence-electron chi connectivity index (χ4n) is 3.27. The van der Waals surface area contributed by atoms with Gasteiger partial charge in [-0.3, -0.25) is 0 Å². The Balaban J connectivity index is 0.00000256. The zero-order chi connectivity index (χ0) is 19.9. The van der Waals surface area contributed by atoms with E-state index in [4.69, 9.17) is 9.98 Å². The number of thiazole rings is 1. The van der Waals surface area contributed by atoms with Gasteiger partial charge < -0.3 is 15.1 Å². The minimum Gasteiger partial charge on any atom is -0.357 e. The summed E-state index contributed by atoms with van der Waals surface area (Å²) in [6, 6.07) is 12.1. The van der Waals surface area contributed by atoms with Crippen molar-refractivity contribution in [2.24, 2.45) is 4.99 Å². The Morgan fingerprint density at radius 1 is 1.07 bits per heavy atom. The average Bonchev–Trinajstić information content (AvgIpc) is 3.27. The summed E-state index contributed by atoms with van der Waals surface area (Å²) in [6.45, 7) is 7.05. The smallest absolute Gasteiger partial charge is 0.225 e. The first kappa shape index (κ1) is 22.4. The highest BCUT2D eigenvalue weighted by Crippen LogP contribution is 2.22. The number of hydrogen-bond donors (Lipinski definition) is 1. The maximum absolute atomic E-state index is 4.84. The topological polar surface area (TPSA) is 69.5 Å². The van der Waals surface area contributed by atoms with Crippen molar-refractivity contribution in [3.05, 3.63) is 59.2 Å². The van der Waals surface area contributed by atoms with E-state index in [1.54, 1.807) is 23.7 Å². The van der Waals surface area contributed by atoms with Crippen LogP contribution in [0.15, 0.2) is 59.2 Å². The van der Waals surface area contributed by atoms with Crippen LogP contribution in [0.25, 0.3) is 11.3 Å². The predicted octanol–water partition coefficient (Wildman–Crippen LogP) is 3.51. The van der Waals surface area contributed by atoms with Gasteiger partial charge in [-0.1, -0.05) is 30.3 Å². The van der Waals surface area contributed by atoms with Gasteiger partial charge in [0.05, 0.1) is 12.2 Å². The van der Waals surface area contributed by atoms with Gasteiger partial charge in [0.1, 0.15) is 5.01 Å². The Labute approximate surface area is 198 Å². The Morgan fingerprint density at radius 2 is 1.80 bits per heavy atom. The lowest BCUT2D eigenvalue weighted by Crippen LogP contribution is -2.52. The van der Waals surface area contributed by atoms with Crippen LogP contribution in [0.2, 0.25) is 0 Å². The summed E-state index contributed by atoms with van der Waals surface area (Å²) in [5.41, 5.74) is 2.16. The van der Waals surface area contributed by atoms with Crippen LogP contribution >= 0.6 is 35.3 Å². The first-order chi connectivity index (χ1) is 14.3. The highest BCUT2D eigenvalue weighted by molar-refractivity contribution is 14.0. The summed E-state index contributed by atoms with van der Waals surface area (Å²) >= 11 is 1.66. The number of hydrogen-bond acceptors (Lipinski definition) is 6. The number of aromatic nitrogens is 3. The van der Waals surface area contributed by atoms with Gasteiger partial charge in [0, 0.05) is 56.1 Å². The minimum atomic E-state index is 0. The molecule has 3 aromatic rings. The van der Waals surface area contributed by atoms with Crippen LogP contribution in [-0.2, 0) is 6.54 Å². The Bertz CT molecular complexity index is 925. The molecule has 1 aliphatic heterocycles. The van der Waals surface area contributed by atoms with Gasteiger partial charge in [0.15, 0.2) is 5.96 Å². The van der Waals surface area contributed by atoms with Crippen molar-refractivity contribution in [2.75, 3.05) is 37.6 Å². The number of benzene rings is 1. The number of guanidine groups is 1. The number of nitrogens with zero attached hydrogens (tertiary/aromatic N) is 6. The summed E-state index contributed by atoms with van der Waals surface area (Å²) in [7, 11) is 0. The molecule has 158 valence electrons. The first-order valence-electron chi connectivity index (χ1n) is 9.88. The molecule has 1 aromatic carbocycles. The lowest BCUT2D eigenvalue weighted by molar-refractivity contribution is 0.370. The van der Waals surface area contributed by atoms with Crippen LogP contribution < -0.4 is 10.2 Å². The van der Waals surface area contributed by atoms with E-state index in [1.807, 2.05) is 24.3 Å². The maximum Gasteiger partial charge on any atom is 0.225 e. The third kappa shape index (κ3) is 5.66. The van der Waals surface area contributed by atoms with Gasteiger partial charge in [-0.25, -0.2) is 19.9 Å². The molecular formula is C21H26IN7S. The van der Waals surface area contributed by atoms with Gasteiger partial charge in [0.25, 0.3) is 0 Å². The Hall–Kier alpha value is -2.27. The molecule has 1 saturated heterocycles. The molecule has 0 radical (unpaired) electrons. The molecule has 0 spiro atoms. The van der Waals surface area contributed by atoms with Crippen LogP contribution in [-0.4, -0.2) is 58.5 Å². The molecule has 4 rings (SSSR count). The molecule has 3 heterocycles. The first-order valence-corrected chi connectivity index (χ1v) is 10.8. The molecule has 0 bridgehead atoms. The van der Waals surface area contributed by atoms with Crippen molar-refractivity contribution in [3.63, 3.8) is 0 Å². The molecule has 9 heteroatoms. The van der Waals surface area contributed by atoms with E-state index in [-0.39, 0.29) is 24.0 Å². The summed E-state index contributed by atoms with van der Waals surface area (Å²) < 4.78 is 0.